The van der Waals surface area contributed by atoms with Gasteiger partial charge in [0, 0.05) is 6.61 Å². The molecule has 0 aromatic carbocycles. The Morgan fingerprint density at radius 1 is 1.29 bits per heavy atom. The van der Waals surface area contributed by atoms with Crippen LogP contribution in [0, 0.1) is 0 Å². The predicted octanol–water partition coefficient (Wildman–Crippen LogP) is 4.49. The van der Waals surface area contributed by atoms with Crippen molar-refractivity contribution in [1.82, 2.24) is 0 Å². The first-order valence-corrected chi connectivity index (χ1v) is 10.3. The minimum Gasteiger partial charge on any atom is -0.417 e. The van der Waals surface area contributed by atoms with Gasteiger partial charge in [0.15, 0.2) is 8.32 Å². The maximum atomic E-state index is 8.74. The van der Waals surface area contributed by atoms with Crippen LogP contribution in [0.4, 0.5) is 0 Å². The van der Waals surface area contributed by atoms with E-state index in [-0.39, 0.29) is 6.61 Å². The zero-order valence-corrected chi connectivity index (χ0v) is 15.0. The van der Waals surface area contributed by atoms with Crippen LogP contribution in [0.5, 0.6) is 0 Å². The van der Waals surface area contributed by atoms with Crippen molar-refractivity contribution in [3.8, 4) is 0 Å². The molecule has 17 heavy (non-hydrogen) atoms. The minimum absolute atomic E-state index is 0.152. The molecule has 0 atom stereocenters. The number of allylic oxidation sites excluding steroid dienone is 1. The summed E-state index contributed by atoms with van der Waals surface area (Å²) in [6.07, 6.45) is 5.18. The number of halogens is 1. The molecule has 0 fully saturated rings. The van der Waals surface area contributed by atoms with Crippen LogP contribution in [0.1, 0.15) is 40.0 Å². The summed E-state index contributed by atoms with van der Waals surface area (Å²) >= 11 is 2.29. The van der Waals surface area contributed by atoms with Crippen LogP contribution in [0.25, 0.3) is 0 Å². The third-order valence-corrected chi connectivity index (χ3v) is 8.91. The second kappa shape index (κ2) is 7.91. The number of hydrogen-bond acceptors (Lipinski definition) is 2. The topological polar surface area (TPSA) is 29.5 Å². The summed E-state index contributed by atoms with van der Waals surface area (Å²) in [5.41, 5.74) is 0. The summed E-state index contributed by atoms with van der Waals surface area (Å²) in [5, 5.41) is 9.04. The molecule has 0 unspecified atom stereocenters. The van der Waals surface area contributed by atoms with Crippen molar-refractivity contribution < 1.29 is 9.53 Å². The van der Waals surface area contributed by atoms with Crippen LogP contribution in [0.2, 0.25) is 18.1 Å². The maximum Gasteiger partial charge on any atom is 0.191 e. The zero-order valence-electron chi connectivity index (χ0n) is 11.8. The first-order chi connectivity index (χ1) is 7.70. The van der Waals surface area contributed by atoms with Gasteiger partial charge in [0.05, 0.1) is 6.61 Å². The SMILES string of the molecule is CC(C)(C)[Si](C)(C)OCCCC/C(I)=C/CO. The minimum atomic E-state index is -1.55. The van der Waals surface area contributed by atoms with Gasteiger partial charge in [-0.2, -0.15) is 0 Å². The molecule has 0 spiro atoms. The van der Waals surface area contributed by atoms with Crippen LogP contribution in [0.15, 0.2) is 9.66 Å². The largest absolute Gasteiger partial charge is 0.417 e. The van der Waals surface area contributed by atoms with Crippen molar-refractivity contribution >= 4 is 30.9 Å². The van der Waals surface area contributed by atoms with Crippen molar-refractivity contribution in [2.75, 3.05) is 13.2 Å². The van der Waals surface area contributed by atoms with Crippen molar-refractivity contribution in [3.63, 3.8) is 0 Å². The number of rotatable bonds is 7. The normalized spacial score (nSPS) is 14.2. The van der Waals surface area contributed by atoms with Gasteiger partial charge in [-0.15, -0.1) is 0 Å². The Bertz CT molecular complexity index is 244. The third-order valence-electron chi connectivity index (χ3n) is 3.39. The summed E-state index contributed by atoms with van der Waals surface area (Å²) in [6.45, 7) is 12.4. The molecule has 0 rings (SSSR count). The first-order valence-electron chi connectivity index (χ1n) is 6.30. The molecule has 0 amide bonds. The van der Waals surface area contributed by atoms with Crippen LogP contribution < -0.4 is 0 Å². The van der Waals surface area contributed by atoms with Gasteiger partial charge in [0.1, 0.15) is 0 Å². The van der Waals surface area contributed by atoms with Gasteiger partial charge < -0.3 is 9.53 Å². The molecular formula is C13H27IO2Si. The molecule has 0 saturated heterocycles. The van der Waals surface area contributed by atoms with E-state index in [1.54, 1.807) is 0 Å². The van der Waals surface area contributed by atoms with E-state index in [9.17, 15) is 0 Å². The van der Waals surface area contributed by atoms with E-state index in [1.165, 1.54) is 3.58 Å². The van der Waals surface area contributed by atoms with Gasteiger partial charge >= 0.3 is 0 Å². The fourth-order valence-electron chi connectivity index (χ4n) is 1.14. The van der Waals surface area contributed by atoms with Gasteiger partial charge in [-0.3, -0.25) is 0 Å². The molecule has 1 N–H and O–H groups in total. The van der Waals surface area contributed by atoms with Crippen molar-refractivity contribution in [2.45, 2.75) is 58.2 Å². The van der Waals surface area contributed by atoms with Crippen LogP contribution >= 0.6 is 22.6 Å². The number of aliphatic hydroxyl groups excluding tert-OH is 1. The average Bonchev–Trinajstić information content (AvgIpc) is 2.15. The molecular weight excluding hydrogens is 343 g/mol. The van der Waals surface area contributed by atoms with Gasteiger partial charge in [-0.05, 0) is 69.6 Å². The zero-order chi connectivity index (χ0) is 13.5. The smallest absolute Gasteiger partial charge is 0.191 e. The Hall–Kier alpha value is 0.607. The van der Waals surface area contributed by atoms with Crippen LogP contribution in [-0.2, 0) is 4.43 Å². The van der Waals surface area contributed by atoms with E-state index >= 15 is 0 Å². The highest BCUT2D eigenvalue weighted by molar-refractivity contribution is 14.1. The standard InChI is InChI=1S/C13H27IO2Si/c1-13(2,3)17(4,5)16-11-7-6-8-12(14)9-10-15/h9,15H,6-8,10-11H2,1-5H3/b12-9-. The van der Waals surface area contributed by atoms with Crippen LogP contribution in [-0.4, -0.2) is 26.6 Å². The monoisotopic (exact) mass is 370 g/mol. The molecule has 0 radical (unpaired) electrons. The van der Waals surface area contributed by atoms with E-state index in [4.69, 9.17) is 9.53 Å². The Morgan fingerprint density at radius 3 is 2.35 bits per heavy atom. The molecule has 0 aromatic heterocycles. The van der Waals surface area contributed by atoms with E-state index < -0.39 is 8.32 Å². The van der Waals surface area contributed by atoms with E-state index in [0.29, 0.717) is 5.04 Å². The molecule has 0 aliphatic carbocycles. The predicted molar refractivity (Wildman–Crippen MR) is 86.2 cm³/mol. The lowest BCUT2D eigenvalue weighted by Gasteiger charge is -2.36. The number of hydrogen-bond donors (Lipinski definition) is 1. The van der Waals surface area contributed by atoms with Gasteiger partial charge in [-0.1, -0.05) is 20.8 Å². The third kappa shape index (κ3) is 7.59. The van der Waals surface area contributed by atoms with Gasteiger partial charge in [-0.25, -0.2) is 0 Å². The molecule has 2 nitrogen and oxygen atoms in total. The molecule has 102 valence electrons. The molecule has 0 saturated carbocycles. The highest BCUT2D eigenvalue weighted by Gasteiger charge is 2.36. The second-order valence-electron chi connectivity index (χ2n) is 5.90. The summed E-state index contributed by atoms with van der Waals surface area (Å²) in [7, 11) is -1.55. The summed E-state index contributed by atoms with van der Waals surface area (Å²) < 4.78 is 7.35. The lowest BCUT2D eigenvalue weighted by Crippen LogP contribution is -2.40. The maximum absolute atomic E-state index is 8.74. The van der Waals surface area contributed by atoms with Crippen molar-refractivity contribution in [3.05, 3.63) is 9.66 Å². The van der Waals surface area contributed by atoms with Gasteiger partial charge in [0.2, 0.25) is 0 Å². The number of unbranched alkanes of at least 4 members (excludes halogenated alkanes) is 1. The molecule has 0 aliphatic rings. The summed E-state index contributed by atoms with van der Waals surface area (Å²) in [6, 6.07) is 0. The highest BCUT2D eigenvalue weighted by Crippen LogP contribution is 2.36. The van der Waals surface area contributed by atoms with E-state index in [1.807, 2.05) is 6.08 Å². The number of aliphatic hydroxyl groups is 1. The summed E-state index contributed by atoms with van der Waals surface area (Å²) in [4.78, 5) is 0. The van der Waals surface area contributed by atoms with Gasteiger partial charge in [0.25, 0.3) is 0 Å². The Kier molecular flexibility index (Phi) is 8.20. The quantitative estimate of drug-likeness (QED) is 0.407. The Labute approximate surface area is 121 Å². The average molecular weight is 370 g/mol. The van der Waals surface area contributed by atoms with Crippen LogP contribution in [0.3, 0.4) is 0 Å². The Morgan fingerprint density at radius 2 is 1.88 bits per heavy atom. The van der Waals surface area contributed by atoms with E-state index in [0.717, 1.165) is 25.9 Å². The highest BCUT2D eigenvalue weighted by atomic mass is 127. The molecule has 0 bridgehead atoms. The second-order valence-corrected chi connectivity index (χ2v) is 12.1. The molecule has 0 aliphatic heterocycles. The fourth-order valence-corrected chi connectivity index (χ4v) is 2.81. The lowest BCUT2D eigenvalue weighted by atomic mass is 10.2. The lowest BCUT2D eigenvalue weighted by molar-refractivity contribution is 0.279. The van der Waals surface area contributed by atoms with Crippen molar-refractivity contribution in [2.24, 2.45) is 0 Å². The fraction of sp³-hybridized carbons (Fsp3) is 0.846. The summed E-state index contributed by atoms with van der Waals surface area (Å²) in [5.74, 6) is 0. The Balaban J connectivity index is 3.76. The first kappa shape index (κ1) is 17.6. The molecule has 0 heterocycles. The van der Waals surface area contributed by atoms with Crippen molar-refractivity contribution in [1.29, 1.82) is 0 Å². The molecule has 0 aromatic rings. The molecule has 4 heteroatoms. The van der Waals surface area contributed by atoms with E-state index in [2.05, 4.69) is 56.5 Å².